The summed E-state index contributed by atoms with van der Waals surface area (Å²) in [6, 6.07) is 0.541. The Labute approximate surface area is 117 Å². The molecular weight excluding hydrogens is 291 g/mol. The van der Waals surface area contributed by atoms with Gasteiger partial charge in [0, 0.05) is 12.2 Å². The van der Waals surface area contributed by atoms with Crippen molar-refractivity contribution in [1.29, 1.82) is 0 Å². The van der Waals surface area contributed by atoms with Gasteiger partial charge in [0.2, 0.25) is 5.91 Å². The Bertz CT molecular complexity index is 541. The zero-order chi connectivity index (χ0) is 15.6. The minimum atomic E-state index is -4.54. The topological polar surface area (TPSA) is 84.2 Å². The number of amides is 1. The van der Waals surface area contributed by atoms with E-state index >= 15 is 0 Å². The van der Waals surface area contributed by atoms with Crippen molar-refractivity contribution in [2.45, 2.75) is 38.0 Å². The minimum Gasteiger partial charge on any atom is -0.481 e. The molecule has 1 aliphatic carbocycles. The maximum absolute atomic E-state index is 12.4. The normalized spacial score (nSPS) is 22.2. The third-order valence-corrected chi connectivity index (χ3v) is 3.38. The molecular formula is C12H14F3N3O3. The zero-order valence-corrected chi connectivity index (χ0v) is 10.9. The molecule has 0 unspecified atom stereocenters. The Morgan fingerprint density at radius 3 is 2.67 bits per heavy atom. The number of carbonyl (C=O) groups excluding carboxylic acids is 1. The third-order valence-electron chi connectivity index (χ3n) is 3.38. The van der Waals surface area contributed by atoms with Gasteiger partial charge in [-0.15, -0.1) is 0 Å². The summed E-state index contributed by atoms with van der Waals surface area (Å²) in [7, 11) is 0. The number of carboxylic acid groups (broad SMARTS) is 1. The van der Waals surface area contributed by atoms with E-state index < -0.39 is 29.7 Å². The lowest BCUT2D eigenvalue weighted by molar-refractivity contribution is -0.142. The van der Waals surface area contributed by atoms with E-state index in [1.807, 2.05) is 0 Å². The van der Waals surface area contributed by atoms with Gasteiger partial charge in [0.15, 0.2) is 5.69 Å². The number of aromatic nitrogens is 2. The molecule has 0 saturated heterocycles. The monoisotopic (exact) mass is 305 g/mol. The summed E-state index contributed by atoms with van der Waals surface area (Å²) in [6.07, 6.45) is -2.08. The second-order valence-electron chi connectivity index (χ2n) is 5.01. The molecule has 2 rings (SSSR count). The van der Waals surface area contributed by atoms with Crippen LogP contribution >= 0.6 is 0 Å². The van der Waals surface area contributed by atoms with Crippen molar-refractivity contribution in [3.63, 3.8) is 0 Å². The van der Waals surface area contributed by atoms with Crippen LogP contribution in [0.4, 0.5) is 13.2 Å². The summed E-state index contributed by atoms with van der Waals surface area (Å²) < 4.78 is 38.0. The van der Waals surface area contributed by atoms with E-state index in [1.54, 1.807) is 0 Å². The van der Waals surface area contributed by atoms with Gasteiger partial charge in [-0.2, -0.15) is 18.3 Å². The van der Waals surface area contributed by atoms with Gasteiger partial charge in [0.1, 0.15) is 6.54 Å². The molecule has 1 saturated carbocycles. The second kappa shape index (κ2) is 5.74. The van der Waals surface area contributed by atoms with Crippen LogP contribution in [0.3, 0.4) is 0 Å². The van der Waals surface area contributed by atoms with Crippen molar-refractivity contribution in [3.05, 3.63) is 18.0 Å². The van der Waals surface area contributed by atoms with Gasteiger partial charge in [-0.05, 0) is 25.3 Å². The standard InChI is InChI=1S/C12H14F3N3O3/c13-12(14,15)9-3-4-18(17-9)6-10(19)16-8-2-1-7(5-8)11(20)21/h3-4,7-8H,1-2,5-6H2,(H,16,19)(H,20,21)/t7-,8+/m1/s1. The number of hydrogen-bond acceptors (Lipinski definition) is 3. The molecule has 0 radical (unpaired) electrons. The number of aliphatic carboxylic acids is 1. The number of carboxylic acids is 1. The van der Waals surface area contributed by atoms with Crippen LogP contribution < -0.4 is 5.32 Å². The Balaban J connectivity index is 1.85. The van der Waals surface area contributed by atoms with Crippen LogP contribution in [-0.2, 0) is 22.3 Å². The SMILES string of the molecule is O=C(Cn1ccc(C(F)(F)F)n1)N[C@H]1CC[C@@H](C(=O)O)C1. The second-order valence-corrected chi connectivity index (χ2v) is 5.01. The quantitative estimate of drug-likeness (QED) is 0.877. The van der Waals surface area contributed by atoms with Crippen LogP contribution in [-0.4, -0.2) is 32.8 Å². The molecule has 1 aromatic heterocycles. The first-order chi connectivity index (χ1) is 9.75. The van der Waals surface area contributed by atoms with E-state index in [-0.39, 0.29) is 12.6 Å². The summed E-state index contributed by atoms with van der Waals surface area (Å²) in [5, 5.41) is 14.7. The Morgan fingerprint density at radius 1 is 1.43 bits per heavy atom. The van der Waals surface area contributed by atoms with Crippen LogP contribution in [0.1, 0.15) is 25.0 Å². The molecule has 1 amide bonds. The fourth-order valence-electron chi connectivity index (χ4n) is 2.36. The molecule has 116 valence electrons. The van der Waals surface area contributed by atoms with Gasteiger partial charge in [0.05, 0.1) is 5.92 Å². The molecule has 1 fully saturated rings. The molecule has 1 heterocycles. The van der Waals surface area contributed by atoms with Crippen molar-refractivity contribution >= 4 is 11.9 Å². The van der Waals surface area contributed by atoms with Gasteiger partial charge in [-0.1, -0.05) is 0 Å². The number of hydrogen-bond donors (Lipinski definition) is 2. The van der Waals surface area contributed by atoms with E-state index in [0.717, 1.165) is 16.9 Å². The van der Waals surface area contributed by atoms with Crippen molar-refractivity contribution in [2.75, 3.05) is 0 Å². The molecule has 2 N–H and O–H groups in total. The van der Waals surface area contributed by atoms with Crippen molar-refractivity contribution in [3.8, 4) is 0 Å². The van der Waals surface area contributed by atoms with E-state index in [2.05, 4.69) is 10.4 Å². The lowest BCUT2D eigenvalue weighted by Gasteiger charge is -2.12. The van der Waals surface area contributed by atoms with Gasteiger partial charge in [0.25, 0.3) is 0 Å². The van der Waals surface area contributed by atoms with E-state index in [9.17, 15) is 22.8 Å². The molecule has 21 heavy (non-hydrogen) atoms. The van der Waals surface area contributed by atoms with Crippen LogP contribution in [0, 0.1) is 5.92 Å². The molecule has 2 atom stereocenters. The van der Waals surface area contributed by atoms with Gasteiger partial charge >= 0.3 is 12.1 Å². The molecule has 9 heteroatoms. The van der Waals surface area contributed by atoms with E-state index in [0.29, 0.717) is 19.3 Å². The highest BCUT2D eigenvalue weighted by atomic mass is 19.4. The number of halogens is 3. The van der Waals surface area contributed by atoms with Gasteiger partial charge < -0.3 is 10.4 Å². The molecule has 1 aromatic rings. The number of carbonyl (C=O) groups is 2. The van der Waals surface area contributed by atoms with Crippen LogP contribution in [0.25, 0.3) is 0 Å². The first-order valence-electron chi connectivity index (χ1n) is 6.38. The van der Waals surface area contributed by atoms with Crippen molar-refractivity contribution < 1.29 is 27.9 Å². The summed E-state index contributed by atoms with van der Waals surface area (Å²) in [4.78, 5) is 22.5. The number of nitrogens with zero attached hydrogens (tertiary/aromatic N) is 2. The highest BCUT2D eigenvalue weighted by molar-refractivity contribution is 5.76. The summed E-state index contributed by atoms with van der Waals surface area (Å²) in [5.41, 5.74) is -1.05. The van der Waals surface area contributed by atoms with Crippen molar-refractivity contribution in [1.82, 2.24) is 15.1 Å². The van der Waals surface area contributed by atoms with Crippen LogP contribution in [0.2, 0.25) is 0 Å². The average Bonchev–Trinajstić information content (AvgIpc) is 2.97. The zero-order valence-electron chi connectivity index (χ0n) is 10.9. The van der Waals surface area contributed by atoms with Gasteiger partial charge in [-0.3, -0.25) is 14.3 Å². The summed E-state index contributed by atoms with van der Waals surface area (Å²) in [6.45, 7) is -0.329. The van der Waals surface area contributed by atoms with E-state index in [4.69, 9.17) is 5.11 Å². The largest absolute Gasteiger partial charge is 0.481 e. The minimum absolute atomic E-state index is 0.253. The molecule has 0 aliphatic heterocycles. The maximum Gasteiger partial charge on any atom is 0.435 e. The van der Waals surface area contributed by atoms with Gasteiger partial charge in [-0.25, -0.2) is 0 Å². The number of alkyl halides is 3. The molecule has 0 bridgehead atoms. The molecule has 6 nitrogen and oxygen atoms in total. The first kappa shape index (κ1) is 15.3. The molecule has 0 aromatic carbocycles. The molecule has 1 aliphatic rings. The van der Waals surface area contributed by atoms with Crippen LogP contribution in [0.15, 0.2) is 12.3 Å². The lowest BCUT2D eigenvalue weighted by atomic mass is 10.1. The molecule has 0 spiro atoms. The first-order valence-corrected chi connectivity index (χ1v) is 6.38. The maximum atomic E-state index is 12.4. The average molecular weight is 305 g/mol. The van der Waals surface area contributed by atoms with Crippen LogP contribution in [0.5, 0.6) is 0 Å². The predicted octanol–water partition coefficient (Wildman–Crippen LogP) is 1.27. The Kier molecular flexibility index (Phi) is 4.19. The summed E-state index contributed by atoms with van der Waals surface area (Å²) >= 11 is 0. The Morgan fingerprint density at radius 2 is 2.14 bits per heavy atom. The highest BCUT2D eigenvalue weighted by Crippen LogP contribution is 2.27. The van der Waals surface area contributed by atoms with Crippen molar-refractivity contribution in [2.24, 2.45) is 5.92 Å². The predicted molar refractivity (Wildman–Crippen MR) is 64.1 cm³/mol. The Hall–Kier alpha value is -2.06. The third kappa shape index (κ3) is 3.96. The number of nitrogens with one attached hydrogen (secondary N) is 1. The van der Waals surface area contributed by atoms with E-state index in [1.165, 1.54) is 0 Å². The summed E-state index contributed by atoms with van der Waals surface area (Å²) in [5.74, 6) is -1.85. The highest BCUT2D eigenvalue weighted by Gasteiger charge is 2.34. The fraction of sp³-hybridized carbons (Fsp3) is 0.583. The number of rotatable bonds is 4. The lowest BCUT2D eigenvalue weighted by Crippen LogP contribution is -2.36. The fourth-order valence-corrected chi connectivity index (χ4v) is 2.36. The smallest absolute Gasteiger partial charge is 0.435 e.